The second-order valence-electron chi connectivity index (χ2n) is 11.3. The fourth-order valence-electron chi connectivity index (χ4n) is 7.25. The number of unbranched alkanes of at least 4 members (excludes halogenated alkanes) is 1. The van der Waals surface area contributed by atoms with Gasteiger partial charge in [-0.2, -0.15) is 8.78 Å². The van der Waals surface area contributed by atoms with Crippen LogP contribution >= 0.6 is 0 Å². The molecule has 0 aromatic heterocycles. The molecule has 0 heterocycles. The Morgan fingerprint density at radius 3 is 2.03 bits per heavy atom. The van der Waals surface area contributed by atoms with Crippen molar-refractivity contribution in [3.05, 3.63) is 29.8 Å². The Morgan fingerprint density at radius 1 is 0.750 bits per heavy atom. The largest absolute Gasteiger partial charge is 0.435 e. The molecule has 4 rings (SSSR count). The molecule has 1 aromatic rings. The lowest BCUT2D eigenvalue weighted by Gasteiger charge is -2.43. The lowest BCUT2D eigenvalue weighted by atomic mass is 9.63. The number of rotatable bonds is 9. The minimum atomic E-state index is -2.74. The van der Waals surface area contributed by atoms with E-state index < -0.39 is 6.61 Å². The zero-order valence-electron chi connectivity index (χ0n) is 20.1. The van der Waals surface area contributed by atoms with Gasteiger partial charge in [-0.3, -0.25) is 0 Å². The molecule has 4 atom stereocenters. The lowest BCUT2D eigenvalue weighted by Crippen LogP contribution is -2.30. The van der Waals surface area contributed by atoms with E-state index in [9.17, 15) is 8.78 Å². The molecule has 3 fully saturated rings. The van der Waals surface area contributed by atoms with Crippen LogP contribution in [0.2, 0.25) is 0 Å². The Hall–Kier alpha value is -1.12. The van der Waals surface area contributed by atoms with Crippen molar-refractivity contribution in [3.8, 4) is 5.75 Å². The highest BCUT2D eigenvalue weighted by molar-refractivity contribution is 5.30. The van der Waals surface area contributed by atoms with Crippen LogP contribution in [0, 0.1) is 29.6 Å². The Bertz CT molecular complexity index is 664. The molecule has 4 unspecified atom stereocenters. The number of fused-ring (bicyclic) bond motifs is 1. The molecule has 0 bridgehead atoms. The van der Waals surface area contributed by atoms with Crippen LogP contribution in [0.3, 0.4) is 0 Å². The average molecular weight is 447 g/mol. The molecule has 3 heteroatoms. The predicted octanol–water partition coefficient (Wildman–Crippen LogP) is 9.36. The molecule has 0 N–H and O–H groups in total. The maximum absolute atomic E-state index is 12.4. The van der Waals surface area contributed by atoms with Gasteiger partial charge < -0.3 is 4.74 Å². The van der Waals surface area contributed by atoms with E-state index in [4.69, 9.17) is 0 Å². The summed E-state index contributed by atoms with van der Waals surface area (Å²) < 4.78 is 29.3. The fraction of sp³-hybridized carbons (Fsp3) is 0.793. The Morgan fingerprint density at radius 2 is 1.34 bits per heavy atom. The highest BCUT2D eigenvalue weighted by Crippen LogP contribution is 2.49. The van der Waals surface area contributed by atoms with Gasteiger partial charge in [0.2, 0.25) is 0 Å². The fourth-order valence-corrected chi connectivity index (χ4v) is 7.25. The molecular formula is C29H44F2O. The molecule has 1 nitrogen and oxygen atoms in total. The second kappa shape index (κ2) is 11.8. The first kappa shape index (κ1) is 24.0. The second-order valence-corrected chi connectivity index (χ2v) is 11.3. The van der Waals surface area contributed by atoms with E-state index in [1.54, 1.807) is 12.1 Å². The van der Waals surface area contributed by atoms with Gasteiger partial charge in [0, 0.05) is 0 Å². The van der Waals surface area contributed by atoms with Crippen molar-refractivity contribution < 1.29 is 13.5 Å². The predicted molar refractivity (Wildman–Crippen MR) is 128 cm³/mol. The van der Waals surface area contributed by atoms with Gasteiger partial charge in [0.05, 0.1) is 0 Å². The summed E-state index contributed by atoms with van der Waals surface area (Å²) in [5.41, 5.74) is 1.31. The number of alkyl halides is 2. The van der Waals surface area contributed by atoms with Crippen LogP contribution in [0.5, 0.6) is 5.75 Å². The van der Waals surface area contributed by atoms with Gasteiger partial charge in [-0.25, -0.2) is 0 Å². The van der Waals surface area contributed by atoms with E-state index >= 15 is 0 Å². The number of benzene rings is 1. The number of ether oxygens (including phenoxy) is 1. The number of hydrogen-bond donors (Lipinski definition) is 0. The summed E-state index contributed by atoms with van der Waals surface area (Å²) in [6, 6.07) is 7.43. The molecular weight excluding hydrogens is 402 g/mol. The van der Waals surface area contributed by atoms with Crippen molar-refractivity contribution in [3.63, 3.8) is 0 Å². The molecule has 3 aliphatic carbocycles. The van der Waals surface area contributed by atoms with Gasteiger partial charge in [-0.15, -0.1) is 0 Å². The first-order valence-electron chi connectivity index (χ1n) is 13.7. The van der Waals surface area contributed by atoms with Crippen molar-refractivity contribution in [1.29, 1.82) is 0 Å². The summed E-state index contributed by atoms with van der Waals surface area (Å²) in [5.74, 6) is 5.68. The average Bonchev–Trinajstić information content (AvgIpc) is 2.82. The first-order chi connectivity index (χ1) is 15.6. The first-order valence-corrected chi connectivity index (χ1v) is 13.7. The maximum atomic E-state index is 12.4. The summed E-state index contributed by atoms with van der Waals surface area (Å²) in [6.45, 7) is -0.425. The summed E-state index contributed by atoms with van der Waals surface area (Å²) in [6.07, 6.45) is 21.4. The SMILES string of the molecule is CCCCC1CCC(CCC2CCC3CC(c4ccc(OC(F)F)cc4)CCC3C2)CC1. The van der Waals surface area contributed by atoms with Crippen LogP contribution in [-0.2, 0) is 0 Å². The molecule has 180 valence electrons. The molecule has 1 aromatic carbocycles. The van der Waals surface area contributed by atoms with E-state index in [1.165, 1.54) is 102 Å². The van der Waals surface area contributed by atoms with E-state index in [2.05, 4.69) is 11.7 Å². The standard InChI is InChI=1S/C29H44F2O/c1-2-3-4-21-5-7-22(8-6-21)9-10-23-11-12-27-20-26(14-13-25(27)19-23)24-15-17-28(18-16-24)32-29(30)31/h15-18,21-23,25-27,29H,2-14,19-20H2,1H3. The molecule has 32 heavy (non-hydrogen) atoms. The van der Waals surface area contributed by atoms with Gasteiger partial charge in [0.15, 0.2) is 0 Å². The van der Waals surface area contributed by atoms with Crippen molar-refractivity contribution in [2.24, 2.45) is 29.6 Å². The van der Waals surface area contributed by atoms with Crippen LogP contribution < -0.4 is 4.74 Å². The monoisotopic (exact) mass is 446 g/mol. The van der Waals surface area contributed by atoms with Gasteiger partial charge in [-0.05, 0) is 85.3 Å². The highest BCUT2D eigenvalue weighted by Gasteiger charge is 2.36. The summed E-state index contributed by atoms with van der Waals surface area (Å²) >= 11 is 0. The Labute approximate surface area is 194 Å². The van der Waals surface area contributed by atoms with E-state index in [1.807, 2.05) is 12.1 Å². The number of hydrogen-bond acceptors (Lipinski definition) is 1. The van der Waals surface area contributed by atoms with Crippen LogP contribution in [0.4, 0.5) is 8.78 Å². The highest BCUT2D eigenvalue weighted by atomic mass is 19.3. The Kier molecular flexibility index (Phi) is 8.89. The van der Waals surface area contributed by atoms with E-state index in [0.29, 0.717) is 5.92 Å². The third kappa shape index (κ3) is 6.70. The smallest absolute Gasteiger partial charge is 0.387 e. The van der Waals surface area contributed by atoms with Crippen molar-refractivity contribution in [1.82, 2.24) is 0 Å². The molecule has 0 radical (unpaired) electrons. The molecule has 0 aliphatic heterocycles. The van der Waals surface area contributed by atoms with Crippen LogP contribution in [0.1, 0.15) is 115 Å². The van der Waals surface area contributed by atoms with Crippen LogP contribution in [-0.4, -0.2) is 6.61 Å². The quantitative estimate of drug-likeness (QED) is 0.367. The minimum Gasteiger partial charge on any atom is -0.435 e. The van der Waals surface area contributed by atoms with Crippen molar-refractivity contribution in [2.45, 2.75) is 116 Å². The zero-order chi connectivity index (χ0) is 22.3. The summed E-state index contributed by atoms with van der Waals surface area (Å²) in [5, 5.41) is 0. The van der Waals surface area contributed by atoms with E-state index in [0.717, 1.165) is 29.6 Å². The molecule has 3 saturated carbocycles. The maximum Gasteiger partial charge on any atom is 0.387 e. The Balaban J connectivity index is 1.17. The number of halogens is 2. The molecule has 0 saturated heterocycles. The van der Waals surface area contributed by atoms with E-state index in [-0.39, 0.29) is 5.75 Å². The molecule has 0 amide bonds. The van der Waals surface area contributed by atoms with Crippen molar-refractivity contribution >= 4 is 0 Å². The molecule has 3 aliphatic rings. The third-order valence-electron chi connectivity index (χ3n) is 9.21. The van der Waals surface area contributed by atoms with Crippen LogP contribution in [0.15, 0.2) is 24.3 Å². The summed E-state index contributed by atoms with van der Waals surface area (Å²) in [4.78, 5) is 0. The van der Waals surface area contributed by atoms with Gasteiger partial charge in [-0.1, -0.05) is 83.3 Å². The van der Waals surface area contributed by atoms with Gasteiger partial charge >= 0.3 is 6.61 Å². The van der Waals surface area contributed by atoms with Gasteiger partial charge in [0.1, 0.15) is 5.75 Å². The van der Waals surface area contributed by atoms with Gasteiger partial charge in [0.25, 0.3) is 0 Å². The zero-order valence-corrected chi connectivity index (χ0v) is 20.1. The van der Waals surface area contributed by atoms with Crippen LogP contribution in [0.25, 0.3) is 0 Å². The lowest BCUT2D eigenvalue weighted by molar-refractivity contribution is -0.0498. The minimum absolute atomic E-state index is 0.271. The molecule has 0 spiro atoms. The van der Waals surface area contributed by atoms with Crippen molar-refractivity contribution in [2.75, 3.05) is 0 Å². The topological polar surface area (TPSA) is 9.23 Å². The third-order valence-corrected chi connectivity index (χ3v) is 9.21. The normalized spacial score (nSPS) is 33.1. The summed E-state index contributed by atoms with van der Waals surface area (Å²) in [7, 11) is 0.